The van der Waals surface area contributed by atoms with Crippen molar-refractivity contribution in [3.8, 4) is 0 Å². The van der Waals surface area contributed by atoms with Crippen LogP contribution in [0.5, 0.6) is 0 Å². The molecule has 2 rings (SSSR count). The van der Waals surface area contributed by atoms with Crippen LogP contribution in [0.2, 0.25) is 0 Å². The Labute approximate surface area is 118 Å². The minimum Gasteiger partial charge on any atom is -0.468 e. The maximum atomic E-state index is 5.48. The summed E-state index contributed by atoms with van der Waals surface area (Å²) in [5, 5.41) is 3.74. The molecule has 0 aromatic carbocycles. The molecule has 0 spiro atoms. The molecule has 108 valence electrons. The molecule has 2 nitrogen and oxygen atoms in total. The van der Waals surface area contributed by atoms with Gasteiger partial charge in [0.15, 0.2) is 0 Å². The largest absolute Gasteiger partial charge is 0.468 e. The summed E-state index contributed by atoms with van der Waals surface area (Å²) in [6.45, 7) is 9.36. The third kappa shape index (κ3) is 4.10. The zero-order valence-electron chi connectivity index (χ0n) is 12.9. The van der Waals surface area contributed by atoms with Gasteiger partial charge >= 0.3 is 0 Å². The van der Waals surface area contributed by atoms with Crippen LogP contribution >= 0.6 is 0 Å². The van der Waals surface area contributed by atoms with Crippen LogP contribution in [0.4, 0.5) is 0 Å². The second-order valence-corrected chi connectivity index (χ2v) is 7.17. The molecular weight excluding hydrogens is 234 g/mol. The van der Waals surface area contributed by atoms with Gasteiger partial charge in [-0.2, -0.15) is 0 Å². The summed E-state index contributed by atoms with van der Waals surface area (Å²) < 4.78 is 5.48. The highest BCUT2D eigenvalue weighted by Gasteiger charge is 2.28. The quantitative estimate of drug-likeness (QED) is 0.783. The van der Waals surface area contributed by atoms with E-state index in [1.54, 1.807) is 6.26 Å². The summed E-state index contributed by atoms with van der Waals surface area (Å²) in [6.07, 6.45) is 8.45. The zero-order chi connectivity index (χ0) is 13.9. The van der Waals surface area contributed by atoms with Gasteiger partial charge in [0.05, 0.1) is 12.3 Å². The fourth-order valence-corrected chi connectivity index (χ4v) is 3.31. The molecule has 3 atom stereocenters. The summed E-state index contributed by atoms with van der Waals surface area (Å²) in [6, 6.07) is 5.00. The molecule has 1 fully saturated rings. The van der Waals surface area contributed by atoms with E-state index in [9.17, 15) is 0 Å². The van der Waals surface area contributed by atoms with Gasteiger partial charge in [-0.05, 0) is 56.1 Å². The zero-order valence-corrected chi connectivity index (χ0v) is 12.9. The number of hydrogen-bond donors (Lipinski definition) is 1. The van der Waals surface area contributed by atoms with E-state index in [0.29, 0.717) is 17.5 Å². The van der Waals surface area contributed by atoms with Gasteiger partial charge in [-0.3, -0.25) is 0 Å². The van der Waals surface area contributed by atoms with E-state index >= 15 is 0 Å². The third-order valence-corrected chi connectivity index (χ3v) is 4.65. The number of rotatable bonds is 3. The van der Waals surface area contributed by atoms with Crippen molar-refractivity contribution in [2.75, 3.05) is 0 Å². The Balaban J connectivity index is 1.86. The highest BCUT2D eigenvalue weighted by atomic mass is 16.3. The lowest BCUT2D eigenvalue weighted by Crippen LogP contribution is -2.31. The van der Waals surface area contributed by atoms with Crippen LogP contribution in [0.1, 0.15) is 71.6 Å². The molecule has 0 radical (unpaired) electrons. The summed E-state index contributed by atoms with van der Waals surface area (Å²) in [7, 11) is 0. The van der Waals surface area contributed by atoms with Gasteiger partial charge in [-0.15, -0.1) is 0 Å². The Morgan fingerprint density at radius 2 is 2.00 bits per heavy atom. The number of nitrogens with one attached hydrogen (secondary N) is 1. The number of furan rings is 1. The second-order valence-electron chi connectivity index (χ2n) is 7.17. The van der Waals surface area contributed by atoms with Crippen molar-refractivity contribution in [1.29, 1.82) is 0 Å². The molecule has 2 unspecified atom stereocenters. The normalized spacial score (nSPS) is 26.9. The van der Waals surface area contributed by atoms with E-state index in [1.165, 1.54) is 32.1 Å². The average Bonchev–Trinajstić information content (AvgIpc) is 2.75. The van der Waals surface area contributed by atoms with Gasteiger partial charge in [0, 0.05) is 6.04 Å². The average molecular weight is 263 g/mol. The lowest BCUT2D eigenvalue weighted by Gasteiger charge is -2.30. The third-order valence-electron chi connectivity index (χ3n) is 4.65. The summed E-state index contributed by atoms with van der Waals surface area (Å²) >= 11 is 0. The molecule has 1 saturated carbocycles. The van der Waals surface area contributed by atoms with Gasteiger partial charge in [0.25, 0.3) is 0 Å². The van der Waals surface area contributed by atoms with Gasteiger partial charge in [-0.25, -0.2) is 0 Å². The first-order valence-electron chi connectivity index (χ1n) is 7.76. The van der Waals surface area contributed by atoms with Gasteiger partial charge < -0.3 is 9.73 Å². The summed E-state index contributed by atoms with van der Waals surface area (Å²) in [5.74, 6) is 1.93. The molecule has 1 N–H and O–H groups in total. The highest BCUT2D eigenvalue weighted by molar-refractivity contribution is 5.03. The van der Waals surface area contributed by atoms with Crippen LogP contribution in [0.3, 0.4) is 0 Å². The van der Waals surface area contributed by atoms with E-state index in [4.69, 9.17) is 4.42 Å². The van der Waals surface area contributed by atoms with Crippen molar-refractivity contribution in [1.82, 2.24) is 5.32 Å². The maximum Gasteiger partial charge on any atom is 0.120 e. The molecule has 0 bridgehead atoms. The fraction of sp³-hybridized carbons (Fsp3) is 0.765. The van der Waals surface area contributed by atoms with Crippen molar-refractivity contribution < 1.29 is 4.42 Å². The predicted molar refractivity (Wildman–Crippen MR) is 80.1 cm³/mol. The highest BCUT2D eigenvalue weighted by Crippen LogP contribution is 2.37. The minimum absolute atomic E-state index is 0.325. The molecule has 1 aromatic rings. The first-order valence-corrected chi connectivity index (χ1v) is 7.76. The van der Waals surface area contributed by atoms with Crippen LogP contribution in [-0.4, -0.2) is 6.04 Å². The molecule has 2 heteroatoms. The molecule has 1 aromatic heterocycles. The second kappa shape index (κ2) is 6.13. The van der Waals surface area contributed by atoms with E-state index in [-0.39, 0.29) is 0 Å². The van der Waals surface area contributed by atoms with E-state index < -0.39 is 0 Å². The van der Waals surface area contributed by atoms with Crippen molar-refractivity contribution in [3.05, 3.63) is 24.2 Å². The lowest BCUT2D eigenvalue weighted by molar-refractivity contribution is 0.213. The molecule has 0 saturated heterocycles. The van der Waals surface area contributed by atoms with Gasteiger partial charge in [0.2, 0.25) is 0 Å². The molecule has 0 amide bonds. The minimum atomic E-state index is 0.325. The molecular formula is C17H29NO. The Morgan fingerprint density at radius 3 is 2.63 bits per heavy atom. The topological polar surface area (TPSA) is 25.2 Å². The molecule has 1 aliphatic rings. The smallest absolute Gasteiger partial charge is 0.120 e. The van der Waals surface area contributed by atoms with Crippen LogP contribution in [0.25, 0.3) is 0 Å². The van der Waals surface area contributed by atoms with Gasteiger partial charge in [0.1, 0.15) is 5.76 Å². The van der Waals surface area contributed by atoms with Crippen LogP contribution in [-0.2, 0) is 0 Å². The molecule has 0 aliphatic heterocycles. The lowest BCUT2D eigenvalue weighted by atomic mass is 9.76. The van der Waals surface area contributed by atoms with Gasteiger partial charge in [-0.1, -0.05) is 27.2 Å². The molecule has 1 aliphatic carbocycles. The predicted octanol–water partition coefficient (Wildman–Crippen LogP) is 4.93. The Hall–Kier alpha value is -0.760. The van der Waals surface area contributed by atoms with E-state index in [0.717, 1.165) is 11.7 Å². The van der Waals surface area contributed by atoms with Crippen LogP contribution in [0, 0.1) is 11.3 Å². The molecule has 19 heavy (non-hydrogen) atoms. The first kappa shape index (κ1) is 14.6. The fourth-order valence-electron chi connectivity index (χ4n) is 3.31. The summed E-state index contributed by atoms with van der Waals surface area (Å²) in [5.41, 5.74) is 0.460. The maximum absolute atomic E-state index is 5.48. The van der Waals surface area contributed by atoms with E-state index in [1.807, 2.05) is 6.07 Å². The van der Waals surface area contributed by atoms with Crippen molar-refractivity contribution in [2.24, 2.45) is 11.3 Å². The SMILES string of the molecule is C[C@H](NC1CCCC(C(C)(C)C)CC1)c1ccco1. The molecule has 1 heterocycles. The summed E-state index contributed by atoms with van der Waals surface area (Å²) in [4.78, 5) is 0. The van der Waals surface area contributed by atoms with Crippen molar-refractivity contribution in [2.45, 2.75) is 71.9 Å². The number of hydrogen-bond acceptors (Lipinski definition) is 2. The standard InChI is InChI=1S/C17H29NO/c1-13(16-9-6-12-19-16)18-15-8-5-7-14(10-11-15)17(2,3)4/h6,9,12-15,18H,5,7-8,10-11H2,1-4H3/t13-,14?,15?/m0/s1. The van der Waals surface area contributed by atoms with Crippen LogP contribution in [0.15, 0.2) is 22.8 Å². The monoisotopic (exact) mass is 263 g/mol. The van der Waals surface area contributed by atoms with E-state index in [2.05, 4.69) is 39.1 Å². The van der Waals surface area contributed by atoms with Crippen molar-refractivity contribution in [3.63, 3.8) is 0 Å². The Morgan fingerprint density at radius 1 is 1.21 bits per heavy atom. The first-order chi connectivity index (χ1) is 8.97. The van der Waals surface area contributed by atoms with Crippen molar-refractivity contribution >= 4 is 0 Å². The Bertz CT molecular complexity index is 363. The Kier molecular flexibility index (Phi) is 4.72. The van der Waals surface area contributed by atoms with Crippen LogP contribution < -0.4 is 5.32 Å².